The molecule has 2 atom stereocenters. The lowest BCUT2D eigenvalue weighted by Gasteiger charge is -2.19. The van der Waals surface area contributed by atoms with Gasteiger partial charge in [-0.3, -0.25) is 14.9 Å². The zero-order valence-electron chi connectivity index (χ0n) is 10.6. The number of carbonyl (C=O) groups is 3. The number of amides is 2. The Morgan fingerprint density at radius 2 is 1.83 bits per heavy atom. The first-order valence-corrected chi connectivity index (χ1v) is 6.24. The smallest absolute Gasteiger partial charge is 0.330 e. The lowest BCUT2D eigenvalue weighted by Crippen LogP contribution is -2.21. The summed E-state index contributed by atoms with van der Waals surface area (Å²) in [6.45, 7) is 5.38. The van der Waals surface area contributed by atoms with Crippen LogP contribution in [0.1, 0.15) is 32.6 Å². The van der Waals surface area contributed by atoms with Crippen LogP contribution in [0.25, 0.3) is 0 Å². The summed E-state index contributed by atoms with van der Waals surface area (Å²) in [7, 11) is 0. The highest BCUT2D eigenvalue weighted by atomic mass is 16.5. The molecule has 0 aromatic carbocycles. The van der Waals surface area contributed by atoms with Gasteiger partial charge in [0.2, 0.25) is 11.8 Å². The van der Waals surface area contributed by atoms with Crippen LogP contribution in [-0.2, 0) is 19.1 Å². The predicted molar refractivity (Wildman–Crippen MR) is 65.4 cm³/mol. The third-order valence-electron chi connectivity index (χ3n) is 3.14. The van der Waals surface area contributed by atoms with Crippen molar-refractivity contribution in [2.45, 2.75) is 32.6 Å². The third-order valence-corrected chi connectivity index (χ3v) is 3.14. The third kappa shape index (κ3) is 3.68. The quantitative estimate of drug-likeness (QED) is 0.456. The Hall–Kier alpha value is -1.65. The molecule has 1 saturated carbocycles. The maximum Gasteiger partial charge on any atom is 0.330 e. The van der Waals surface area contributed by atoms with Gasteiger partial charge in [-0.15, -0.1) is 0 Å². The minimum Gasteiger partial charge on any atom is -0.463 e. The van der Waals surface area contributed by atoms with Crippen LogP contribution >= 0.6 is 0 Å². The molecule has 0 spiro atoms. The van der Waals surface area contributed by atoms with Crippen molar-refractivity contribution in [1.82, 2.24) is 5.32 Å². The van der Waals surface area contributed by atoms with Crippen molar-refractivity contribution < 1.29 is 19.1 Å². The maximum atomic E-state index is 11.1. The van der Waals surface area contributed by atoms with Gasteiger partial charge in [0, 0.05) is 17.9 Å². The van der Waals surface area contributed by atoms with Crippen molar-refractivity contribution >= 4 is 17.8 Å². The first-order chi connectivity index (χ1) is 8.60. The fourth-order valence-electron chi connectivity index (χ4n) is 2.27. The van der Waals surface area contributed by atoms with E-state index >= 15 is 0 Å². The Morgan fingerprint density at radius 3 is 2.17 bits per heavy atom. The summed E-state index contributed by atoms with van der Waals surface area (Å²) in [5.74, 6) is -0.422. The molecule has 5 heteroatoms. The second-order valence-corrected chi connectivity index (χ2v) is 4.31. The average molecular weight is 253 g/mol. The van der Waals surface area contributed by atoms with Crippen molar-refractivity contribution in [1.29, 1.82) is 0 Å². The maximum absolute atomic E-state index is 11.1. The van der Waals surface area contributed by atoms with E-state index in [1.807, 2.05) is 0 Å². The molecule has 1 heterocycles. The Labute approximate surface area is 107 Å². The molecule has 1 aliphatic carbocycles. The zero-order valence-corrected chi connectivity index (χ0v) is 10.6. The van der Waals surface area contributed by atoms with Crippen molar-refractivity contribution in [3.05, 3.63) is 12.7 Å². The van der Waals surface area contributed by atoms with Gasteiger partial charge in [0.25, 0.3) is 0 Å². The van der Waals surface area contributed by atoms with Gasteiger partial charge in [-0.25, -0.2) is 4.79 Å². The molecule has 100 valence electrons. The van der Waals surface area contributed by atoms with Crippen LogP contribution in [0.4, 0.5) is 0 Å². The lowest BCUT2D eigenvalue weighted by atomic mass is 9.81. The molecule has 2 unspecified atom stereocenters. The number of ether oxygens (including phenoxy) is 1. The molecule has 1 N–H and O–H groups in total. The van der Waals surface area contributed by atoms with E-state index in [0.29, 0.717) is 6.61 Å². The molecule has 1 aliphatic heterocycles. The van der Waals surface area contributed by atoms with Crippen LogP contribution in [0, 0.1) is 11.8 Å². The number of nitrogens with one attached hydrogen (secondary N) is 1. The zero-order chi connectivity index (χ0) is 13.5. The predicted octanol–water partition coefficient (Wildman–Crippen LogP) is 1.18. The SMILES string of the molecule is C=CC(=O)OCC.O=C1NC(=O)C2CCCCC12. The lowest BCUT2D eigenvalue weighted by molar-refractivity contribution is -0.137. The Morgan fingerprint density at radius 1 is 1.33 bits per heavy atom. The van der Waals surface area contributed by atoms with E-state index < -0.39 is 0 Å². The summed E-state index contributed by atoms with van der Waals surface area (Å²) in [6.07, 6.45) is 5.15. The molecule has 0 radical (unpaired) electrons. The highest BCUT2D eigenvalue weighted by Crippen LogP contribution is 2.33. The molecule has 2 aliphatic rings. The summed E-state index contributed by atoms with van der Waals surface area (Å²) in [6, 6.07) is 0. The van der Waals surface area contributed by atoms with E-state index in [2.05, 4.69) is 16.6 Å². The van der Waals surface area contributed by atoms with Gasteiger partial charge in [-0.2, -0.15) is 0 Å². The first-order valence-electron chi connectivity index (χ1n) is 6.24. The molecule has 2 fully saturated rings. The number of fused-ring (bicyclic) bond motifs is 1. The summed E-state index contributed by atoms with van der Waals surface area (Å²) < 4.78 is 4.43. The largest absolute Gasteiger partial charge is 0.463 e. The summed E-state index contributed by atoms with van der Waals surface area (Å²) in [5, 5.41) is 2.38. The van der Waals surface area contributed by atoms with Gasteiger partial charge in [0.05, 0.1) is 6.61 Å². The highest BCUT2D eigenvalue weighted by Gasteiger charge is 2.42. The van der Waals surface area contributed by atoms with E-state index in [0.717, 1.165) is 31.8 Å². The fraction of sp³-hybridized carbons (Fsp3) is 0.615. The monoisotopic (exact) mass is 253 g/mol. The number of hydrogen-bond acceptors (Lipinski definition) is 4. The first kappa shape index (κ1) is 14.4. The van der Waals surface area contributed by atoms with Crippen LogP contribution in [0.2, 0.25) is 0 Å². The Kier molecular flexibility index (Phi) is 5.55. The molecule has 0 bridgehead atoms. The molecule has 1 saturated heterocycles. The fourth-order valence-corrected chi connectivity index (χ4v) is 2.27. The van der Waals surface area contributed by atoms with Gasteiger partial charge in [-0.1, -0.05) is 19.4 Å². The second-order valence-electron chi connectivity index (χ2n) is 4.31. The molecule has 0 aromatic heterocycles. The topological polar surface area (TPSA) is 72.5 Å². The van der Waals surface area contributed by atoms with Gasteiger partial charge >= 0.3 is 5.97 Å². The van der Waals surface area contributed by atoms with Crippen molar-refractivity contribution in [3.8, 4) is 0 Å². The number of esters is 1. The highest BCUT2D eigenvalue weighted by molar-refractivity contribution is 6.05. The summed E-state index contributed by atoms with van der Waals surface area (Å²) >= 11 is 0. The average Bonchev–Trinajstić information content (AvgIpc) is 2.67. The van der Waals surface area contributed by atoms with E-state index in [1.54, 1.807) is 6.92 Å². The van der Waals surface area contributed by atoms with E-state index in [9.17, 15) is 14.4 Å². The molecular weight excluding hydrogens is 234 g/mol. The minimum absolute atomic E-state index is 0.0104. The van der Waals surface area contributed by atoms with Gasteiger partial charge < -0.3 is 4.74 Å². The van der Waals surface area contributed by atoms with Gasteiger partial charge in [-0.05, 0) is 19.8 Å². The van der Waals surface area contributed by atoms with Crippen LogP contribution in [0.5, 0.6) is 0 Å². The second kappa shape index (κ2) is 6.93. The van der Waals surface area contributed by atoms with Crippen LogP contribution < -0.4 is 5.32 Å². The number of carbonyl (C=O) groups excluding carboxylic acids is 3. The molecule has 5 nitrogen and oxygen atoms in total. The van der Waals surface area contributed by atoms with E-state index in [4.69, 9.17) is 0 Å². The Balaban J connectivity index is 0.000000203. The molecular formula is C13H19NO4. The number of rotatable bonds is 2. The van der Waals surface area contributed by atoms with E-state index in [1.165, 1.54) is 0 Å². The normalized spacial score (nSPS) is 25.4. The standard InChI is InChI=1S/C8H11NO2.C5H8O2/c10-7-5-3-1-2-4-6(5)8(11)9-7;1-3-5(6)7-4-2/h5-6H,1-4H2,(H,9,10,11);3H,1,4H2,2H3. The minimum atomic E-state index is -0.359. The van der Waals surface area contributed by atoms with Gasteiger partial charge in [0.15, 0.2) is 0 Å². The molecule has 18 heavy (non-hydrogen) atoms. The van der Waals surface area contributed by atoms with Crippen molar-refractivity contribution in [2.24, 2.45) is 11.8 Å². The summed E-state index contributed by atoms with van der Waals surface area (Å²) in [4.78, 5) is 32.2. The van der Waals surface area contributed by atoms with Gasteiger partial charge in [0.1, 0.15) is 0 Å². The molecule has 0 aromatic rings. The van der Waals surface area contributed by atoms with Crippen molar-refractivity contribution in [3.63, 3.8) is 0 Å². The molecule has 2 amide bonds. The Bertz CT molecular complexity index is 329. The van der Waals surface area contributed by atoms with Crippen molar-refractivity contribution in [2.75, 3.05) is 6.61 Å². The number of hydrogen-bond donors (Lipinski definition) is 1. The van der Waals surface area contributed by atoms with Crippen LogP contribution in [-0.4, -0.2) is 24.4 Å². The van der Waals surface area contributed by atoms with Crippen LogP contribution in [0.15, 0.2) is 12.7 Å². The molecule has 2 rings (SSSR count). The van der Waals surface area contributed by atoms with Crippen LogP contribution in [0.3, 0.4) is 0 Å². The van der Waals surface area contributed by atoms with E-state index in [-0.39, 0.29) is 29.6 Å². The summed E-state index contributed by atoms with van der Waals surface area (Å²) in [5.41, 5.74) is 0. The number of imide groups is 1.